The number of anilines is 1. The highest BCUT2D eigenvalue weighted by atomic mass is 32.2. The number of rotatable bonds is 5. The monoisotopic (exact) mass is 314 g/mol. The van der Waals surface area contributed by atoms with Gasteiger partial charge in [-0.3, -0.25) is 5.32 Å². The van der Waals surface area contributed by atoms with Crippen LogP contribution in [0.25, 0.3) is 0 Å². The lowest BCUT2D eigenvalue weighted by molar-refractivity contribution is 0.114. The predicted molar refractivity (Wildman–Crippen MR) is 76.6 cm³/mol. The third kappa shape index (κ3) is 4.42. The minimum absolute atomic E-state index is 0.0555. The molecule has 0 saturated carbocycles. The number of hydrogen-bond acceptors (Lipinski definition) is 5. The average molecular weight is 314 g/mol. The molecule has 1 aromatic rings. The number of ether oxygens (including phenoxy) is 2. The molecular formula is C13H18N2O5S. The molecule has 0 spiro atoms. The van der Waals surface area contributed by atoms with Crippen LogP contribution < -0.4 is 10.0 Å². The summed E-state index contributed by atoms with van der Waals surface area (Å²) in [4.78, 5) is 11.2. The van der Waals surface area contributed by atoms with Gasteiger partial charge in [-0.05, 0) is 37.1 Å². The van der Waals surface area contributed by atoms with Crippen molar-refractivity contribution in [1.82, 2.24) is 4.72 Å². The SMILES string of the molecule is COC(=O)Nc1ccc(S(=O)(=O)NCC2CCCO2)cc1. The van der Waals surface area contributed by atoms with Crippen LogP contribution in [-0.2, 0) is 19.5 Å². The molecule has 1 saturated heterocycles. The molecule has 1 unspecified atom stereocenters. The first-order valence-electron chi connectivity index (χ1n) is 6.57. The van der Waals surface area contributed by atoms with Gasteiger partial charge in [0.25, 0.3) is 0 Å². The Balaban J connectivity index is 1.97. The van der Waals surface area contributed by atoms with E-state index in [9.17, 15) is 13.2 Å². The molecule has 2 N–H and O–H groups in total. The van der Waals surface area contributed by atoms with Crippen molar-refractivity contribution < 1.29 is 22.7 Å². The molecule has 21 heavy (non-hydrogen) atoms. The minimum atomic E-state index is -3.57. The van der Waals surface area contributed by atoms with Gasteiger partial charge >= 0.3 is 6.09 Å². The summed E-state index contributed by atoms with van der Waals surface area (Å²) in [6, 6.07) is 5.83. The number of carbonyl (C=O) groups is 1. The van der Waals surface area contributed by atoms with Crippen LogP contribution >= 0.6 is 0 Å². The fourth-order valence-electron chi connectivity index (χ4n) is 1.98. The van der Waals surface area contributed by atoms with Crippen LogP contribution in [0.15, 0.2) is 29.2 Å². The van der Waals surface area contributed by atoms with Crippen LogP contribution in [-0.4, -0.2) is 40.9 Å². The Hall–Kier alpha value is -1.64. The number of benzene rings is 1. The fourth-order valence-corrected chi connectivity index (χ4v) is 3.04. The van der Waals surface area contributed by atoms with Crippen molar-refractivity contribution in [3.63, 3.8) is 0 Å². The molecule has 116 valence electrons. The Labute approximate surface area is 123 Å². The molecule has 8 heteroatoms. The second kappa shape index (κ2) is 6.88. The molecule has 1 aliphatic rings. The molecular weight excluding hydrogens is 296 g/mol. The minimum Gasteiger partial charge on any atom is -0.453 e. The summed E-state index contributed by atoms with van der Waals surface area (Å²) in [6.07, 6.45) is 1.16. The van der Waals surface area contributed by atoms with Gasteiger partial charge in [0.15, 0.2) is 0 Å². The van der Waals surface area contributed by atoms with Gasteiger partial charge in [-0.2, -0.15) is 0 Å². The highest BCUT2D eigenvalue weighted by Gasteiger charge is 2.20. The van der Waals surface area contributed by atoms with Gasteiger partial charge in [0.1, 0.15) is 0 Å². The molecule has 2 rings (SSSR count). The lowest BCUT2D eigenvalue weighted by Gasteiger charge is -2.11. The number of nitrogens with one attached hydrogen (secondary N) is 2. The predicted octanol–water partition coefficient (Wildman–Crippen LogP) is 1.32. The van der Waals surface area contributed by atoms with E-state index in [4.69, 9.17) is 4.74 Å². The molecule has 1 aliphatic heterocycles. The van der Waals surface area contributed by atoms with Crippen molar-refractivity contribution in [3.05, 3.63) is 24.3 Å². The van der Waals surface area contributed by atoms with Gasteiger partial charge in [-0.15, -0.1) is 0 Å². The van der Waals surface area contributed by atoms with Crippen molar-refractivity contribution in [2.45, 2.75) is 23.8 Å². The Morgan fingerprint density at radius 1 is 1.38 bits per heavy atom. The smallest absolute Gasteiger partial charge is 0.411 e. The standard InChI is InChI=1S/C13H18N2O5S/c1-19-13(16)15-10-4-6-12(7-5-10)21(17,18)14-9-11-3-2-8-20-11/h4-7,11,14H,2-3,8-9H2,1H3,(H,15,16). The van der Waals surface area contributed by atoms with Gasteiger partial charge in [-0.1, -0.05) is 0 Å². The fraction of sp³-hybridized carbons (Fsp3) is 0.462. The Morgan fingerprint density at radius 2 is 2.10 bits per heavy atom. The van der Waals surface area contributed by atoms with Crippen LogP contribution in [0.5, 0.6) is 0 Å². The number of carbonyl (C=O) groups excluding carboxylic acids is 1. The zero-order chi connectivity index (χ0) is 15.3. The summed E-state index contributed by atoms with van der Waals surface area (Å²) in [5.41, 5.74) is 0.458. The first-order valence-corrected chi connectivity index (χ1v) is 8.06. The molecule has 0 radical (unpaired) electrons. The molecule has 0 aliphatic carbocycles. The summed E-state index contributed by atoms with van der Waals surface area (Å²) >= 11 is 0. The van der Waals surface area contributed by atoms with Crippen molar-refractivity contribution >= 4 is 21.8 Å². The molecule has 0 aromatic heterocycles. The van der Waals surface area contributed by atoms with Gasteiger partial charge in [0.05, 0.1) is 18.1 Å². The lowest BCUT2D eigenvalue weighted by Crippen LogP contribution is -2.31. The third-order valence-electron chi connectivity index (χ3n) is 3.12. The molecule has 0 bridgehead atoms. The van der Waals surface area contributed by atoms with Crippen molar-refractivity contribution in [1.29, 1.82) is 0 Å². The van der Waals surface area contributed by atoms with Gasteiger partial charge in [0.2, 0.25) is 10.0 Å². The summed E-state index contributed by atoms with van der Waals surface area (Å²) in [5, 5.41) is 2.45. The Bertz CT molecular complexity index is 579. The first-order chi connectivity index (χ1) is 10.0. The van der Waals surface area contributed by atoms with E-state index < -0.39 is 16.1 Å². The van der Waals surface area contributed by atoms with E-state index in [1.54, 1.807) is 0 Å². The highest BCUT2D eigenvalue weighted by Crippen LogP contribution is 2.15. The van der Waals surface area contributed by atoms with E-state index in [0.717, 1.165) is 12.8 Å². The zero-order valence-electron chi connectivity index (χ0n) is 11.7. The van der Waals surface area contributed by atoms with E-state index in [1.165, 1.54) is 31.4 Å². The van der Waals surface area contributed by atoms with Crippen LogP contribution in [0, 0.1) is 0 Å². The number of methoxy groups -OCH3 is 1. The summed E-state index contributed by atoms with van der Waals surface area (Å²) in [5.74, 6) is 0. The number of sulfonamides is 1. The molecule has 1 aromatic carbocycles. The molecule has 1 amide bonds. The van der Waals surface area contributed by atoms with Crippen molar-refractivity contribution in [2.75, 3.05) is 25.6 Å². The summed E-state index contributed by atoms with van der Waals surface area (Å²) in [7, 11) is -2.32. The van der Waals surface area contributed by atoms with E-state index >= 15 is 0 Å². The zero-order valence-corrected chi connectivity index (χ0v) is 12.5. The second-order valence-corrected chi connectivity index (χ2v) is 6.39. The Morgan fingerprint density at radius 3 is 2.67 bits per heavy atom. The van der Waals surface area contributed by atoms with Crippen molar-refractivity contribution in [3.8, 4) is 0 Å². The van der Waals surface area contributed by atoms with E-state index in [-0.39, 0.29) is 17.5 Å². The maximum absolute atomic E-state index is 12.1. The molecule has 7 nitrogen and oxygen atoms in total. The highest BCUT2D eigenvalue weighted by molar-refractivity contribution is 7.89. The van der Waals surface area contributed by atoms with Crippen LogP contribution in [0.2, 0.25) is 0 Å². The van der Waals surface area contributed by atoms with Crippen LogP contribution in [0.1, 0.15) is 12.8 Å². The third-order valence-corrected chi connectivity index (χ3v) is 4.56. The Kier molecular flexibility index (Phi) is 5.16. The number of amides is 1. The van der Waals surface area contributed by atoms with Gasteiger partial charge < -0.3 is 9.47 Å². The topological polar surface area (TPSA) is 93.7 Å². The second-order valence-electron chi connectivity index (χ2n) is 4.63. The molecule has 1 heterocycles. The quantitative estimate of drug-likeness (QED) is 0.855. The summed E-state index contributed by atoms with van der Waals surface area (Å²) < 4.78 is 36.5. The van der Waals surface area contributed by atoms with Crippen LogP contribution in [0.3, 0.4) is 0 Å². The number of hydrogen-bond donors (Lipinski definition) is 2. The van der Waals surface area contributed by atoms with Crippen LogP contribution in [0.4, 0.5) is 10.5 Å². The van der Waals surface area contributed by atoms with E-state index in [1.807, 2.05) is 0 Å². The summed E-state index contributed by atoms with van der Waals surface area (Å²) in [6.45, 7) is 0.949. The molecule has 1 atom stereocenters. The maximum atomic E-state index is 12.1. The maximum Gasteiger partial charge on any atom is 0.411 e. The van der Waals surface area contributed by atoms with E-state index in [2.05, 4.69) is 14.8 Å². The van der Waals surface area contributed by atoms with Gasteiger partial charge in [-0.25, -0.2) is 17.9 Å². The first kappa shape index (κ1) is 15.7. The normalized spacial score (nSPS) is 18.4. The average Bonchev–Trinajstić information content (AvgIpc) is 2.99. The lowest BCUT2D eigenvalue weighted by atomic mass is 10.2. The van der Waals surface area contributed by atoms with Crippen molar-refractivity contribution in [2.24, 2.45) is 0 Å². The van der Waals surface area contributed by atoms with Gasteiger partial charge in [0, 0.05) is 18.8 Å². The molecule has 1 fully saturated rings. The van der Waals surface area contributed by atoms with E-state index in [0.29, 0.717) is 12.3 Å². The largest absolute Gasteiger partial charge is 0.453 e.